The molecule has 2 aliphatic rings. The SMILES string of the molecule is CCOC(=O)/C=C/[C@H]1O[C@H]2C(=C[C@H]1C)C(=O)O[C@H]2C. The number of rotatable bonds is 3. The maximum absolute atomic E-state index is 11.6. The molecule has 1 fully saturated rings. The first-order valence-electron chi connectivity index (χ1n) is 6.46. The summed E-state index contributed by atoms with van der Waals surface area (Å²) in [5.74, 6) is -0.688. The Morgan fingerprint density at radius 3 is 2.89 bits per heavy atom. The van der Waals surface area contributed by atoms with E-state index >= 15 is 0 Å². The lowest BCUT2D eigenvalue weighted by Crippen LogP contribution is -2.35. The molecule has 1 saturated heterocycles. The molecule has 0 saturated carbocycles. The molecule has 2 rings (SSSR count). The lowest BCUT2D eigenvalue weighted by Gasteiger charge is -2.29. The van der Waals surface area contributed by atoms with E-state index in [1.807, 2.05) is 13.0 Å². The van der Waals surface area contributed by atoms with E-state index in [0.717, 1.165) is 0 Å². The van der Waals surface area contributed by atoms with E-state index in [9.17, 15) is 9.59 Å². The van der Waals surface area contributed by atoms with Gasteiger partial charge in [-0.2, -0.15) is 0 Å². The quantitative estimate of drug-likeness (QED) is 0.570. The average Bonchev–Trinajstić information content (AvgIpc) is 2.62. The van der Waals surface area contributed by atoms with Gasteiger partial charge in [0.25, 0.3) is 0 Å². The summed E-state index contributed by atoms with van der Waals surface area (Å²) in [6.07, 6.45) is 4.01. The molecule has 104 valence electrons. The van der Waals surface area contributed by atoms with Gasteiger partial charge < -0.3 is 14.2 Å². The Labute approximate surface area is 112 Å². The van der Waals surface area contributed by atoms with Crippen molar-refractivity contribution in [3.63, 3.8) is 0 Å². The number of fused-ring (bicyclic) bond motifs is 1. The smallest absolute Gasteiger partial charge is 0.336 e. The second kappa shape index (κ2) is 5.57. The molecule has 19 heavy (non-hydrogen) atoms. The van der Waals surface area contributed by atoms with Gasteiger partial charge in [0, 0.05) is 12.0 Å². The number of esters is 2. The summed E-state index contributed by atoms with van der Waals surface area (Å²) < 4.78 is 15.8. The highest BCUT2D eigenvalue weighted by Crippen LogP contribution is 2.33. The van der Waals surface area contributed by atoms with E-state index in [0.29, 0.717) is 12.2 Å². The molecule has 5 heteroatoms. The Morgan fingerprint density at radius 2 is 2.21 bits per heavy atom. The van der Waals surface area contributed by atoms with Gasteiger partial charge in [0.1, 0.15) is 12.2 Å². The van der Waals surface area contributed by atoms with Crippen LogP contribution in [0.15, 0.2) is 23.8 Å². The number of ether oxygens (including phenoxy) is 3. The minimum atomic E-state index is -0.389. The van der Waals surface area contributed by atoms with Crippen LogP contribution in [-0.2, 0) is 23.8 Å². The Morgan fingerprint density at radius 1 is 1.47 bits per heavy atom. The van der Waals surface area contributed by atoms with Crippen molar-refractivity contribution in [2.45, 2.75) is 39.1 Å². The van der Waals surface area contributed by atoms with Crippen molar-refractivity contribution < 1.29 is 23.8 Å². The average molecular weight is 266 g/mol. The van der Waals surface area contributed by atoms with E-state index in [1.165, 1.54) is 6.08 Å². The first kappa shape index (κ1) is 13.8. The van der Waals surface area contributed by atoms with Crippen molar-refractivity contribution in [1.29, 1.82) is 0 Å². The normalized spacial score (nSPS) is 33.8. The third-order valence-corrected chi connectivity index (χ3v) is 3.23. The molecule has 5 nitrogen and oxygen atoms in total. The van der Waals surface area contributed by atoms with Crippen LogP contribution in [0.2, 0.25) is 0 Å². The van der Waals surface area contributed by atoms with E-state index in [1.54, 1.807) is 19.9 Å². The Bertz CT molecular complexity index is 437. The molecule has 0 aromatic rings. The predicted molar refractivity (Wildman–Crippen MR) is 67.2 cm³/mol. The summed E-state index contributed by atoms with van der Waals surface area (Å²) in [4.78, 5) is 22.8. The predicted octanol–water partition coefficient (Wildman–Crippen LogP) is 1.38. The molecule has 0 unspecified atom stereocenters. The second-order valence-corrected chi connectivity index (χ2v) is 4.72. The Balaban J connectivity index is 2.08. The van der Waals surface area contributed by atoms with Crippen LogP contribution in [-0.4, -0.2) is 36.9 Å². The van der Waals surface area contributed by atoms with Gasteiger partial charge >= 0.3 is 11.9 Å². The highest BCUT2D eigenvalue weighted by Gasteiger charge is 2.42. The molecule has 0 bridgehead atoms. The number of hydrogen-bond donors (Lipinski definition) is 0. The van der Waals surface area contributed by atoms with E-state index in [4.69, 9.17) is 14.2 Å². The molecule has 0 spiro atoms. The third-order valence-electron chi connectivity index (χ3n) is 3.23. The summed E-state index contributed by atoms with van der Waals surface area (Å²) in [5.41, 5.74) is 0.584. The minimum Gasteiger partial charge on any atom is -0.463 e. The zero-order valence-electron chi connectivity index (χ0n) is 11.3. The summed E-state index contributed by atoms with van der Waals surface area (Å²) in [5, 5.41) is 0. The Kier molecular flexibility index (Phi) is 4.04. The molecule has 0 aromatic heterocycles. The van der Waals surface area contributed by atoms with Crippen LogP contribution >= 0.6 is 0 Å². The number of carbonyl (C=O) groups excluding carboxylic acids is 2. The molecule has 2 heterocycles. The molecule has 0 aliphatic carbocycles. The molecule has 0 amide bonds. The van der Waals surface area contributed by atoms with Gasteiger partial charge in [0.05, 0.1) is 18.3 Å². The lowest BCUT2D eigenvalue weighted by molar-refractivity contribution is -0.139. The highest BCUT2D eigenvalue weighted by atomic mass is 16.6. The minimum absolute atomic E-state index is 0.00905. The largest absolute Gasteiger partial charge is 0.463 e. The molecular formula is C14H18O5. The topological polar surface area (TPSA) is 61.8 Å². The van der Waals surface area contributed by atoms with Crippen LogP contribution in [0.25, 0.3) is 0 Å². The Hall–Kier alpha value is -1.62. The van der Waals surface area contributed by atoms with Crippen LogP contribution in [0.4, 0.5) is 0 Å². The first-order chi connectivity index (χ1) is 9.02. The van der Waals surface area contributed by atoms with Gasteiger partial charge in [-0.1, -0.05) is 13.0 Å². The van der Waals surface area contributed by atoms with Crippen LogP contribution in [0.5, 0.6) is 0 Å². The van der Waals surface area contributed by atoms with Crippen LogP contribution in [0, 0.1) is 5.92 Å². The maximum Gasteiger partial charge on any atom is 0.336 e. The van der Waals surface area contributed by atoms with Crippen molar-refractivity contribution in [2.75, 3.05) is 6.61 Å². The van der Waals surface area contributed by atoms with Crippen molar-refractivity contribution in [2.24, 2.45) is 5.92 Å². The van der Waals surface area contributed by atoms with Crippen LogP contribution < -0.4 is 0 Å². The van der Waals surface area contributed by atoms with Gasteiger partial charge in [-0.3, -0.25) is 0 Å². The standard InChI is InChI=1S/C14H18O5/c1-4-17-12(15)6-5-11-8(2)7-10-13(19-11)9(3)18-14(10)16/h5-9,11,13H,4H2,1-3H3/b6-5+/t8-,9+,11-,13-/m1/s1. The number of carbonyl (C=O) groups is 2. The van der Waals surface area contributed by atoms with Gasteiger partial charge in [-0.25, -0.2) is 9.59 Å². The second-order valence-electron chi connectivity index (χ2n) is 4.72. The highest BCUT2D eigenvalue weighted by molar-refractivity contribution is 5.92. The summed E-state index contributed by atoms with van der Waals surface area (Å²) in [7, 11) is 0. The fourth-order valence-electron chi connectivity index (χ4n) is 2.27. The van der Waals surface area contributed by atoms with Crippen molar-refractivity contribution in [3.8, 4) is 0 Å². The number of cyclic esters (lactones) is 1. The zero-order valence-corrected chi connectivity index (χ0v) is 11.3. The fourth-order valence-corrected chi connectivity index (χ4v) is 2.27. The van der Waals surface area contributed by atoms with Crippen LogP contribution in [0.1, 0.15) is 20.8 Å². The maximum atomic E-state index is 11.6. The lowest BCUT2D eigenvalue weighted by atomic mass is 9.94. The number of hydrogen-bond acceptors (Lipinski definition) is 5. The van der Waals surface area contributed by atoms with Crippen molar-refractivity contribution in [3.05, 3.63) is 23.8 Å². The van der Waals surface area contributed by atoms with Crippen molar-refractivity contribution in [1.82, 2.24) is 0 Å². The summed E-state index contributed by atoms with van der Waals surface area (Å²) in [6.45, 7) is 5.82. The molecule has 4 atom stereocenters. The van der Waals surface area contributed by atoms with Gasteiger partial charge in [-0.05, 0) is 19.9 Å². The molecule has 0 N–H and O–H groups in total. The fraction of sp³-hybridized carbons (Fsp3) is 0.571. The van der Waals surface area contributed by atoms with E-state index in [2.05, 4.69) is 0 Å². The molecule has 2 aliphatic heterocycles. The van der Waals surface area contributed by atoms with Gasteiger partial charge in [0.2, 0.25) is 0 Å². The molecule has 0 radical (unpaired) electrons. The molecular weight excluding hydrogens is 248 g/mol. The summed E-state index contributed by atoms with van der Waals surface area (Å²) in [6, 6.07) is 0. The van der Waals surface area contributed by atoms with Gasteiger partial charge in [0.15, 0.2) is 0 Å². The van der Waals surface area contributed by atoms with Crippen molar-refractivity contribution >= 4 is 11.9 Å². The third kappa shape index (κ3) is 2.87. The van der Waals surface area contributed by atoms with E-state index < -0.39 is 0 Å². The van der Waals surface area contributed by atoms with E-state index in [-0.39, 0.29) is 36.2 Å². The van der Waals surface area contributed by atoms with Gasteiger partial charge in [-0.15, -0.1) is 0 Å². The first-order valence-corrected chi connectivity index (χ1v) is 6.46. The summed E-state index contributed by atoms with van der Waals surface area (Å²) >= 11 is 0. The monoisotopic (exact) mass is 266 g/mol. The van der Waals surface area contributed by atoms with Crippen LogP contribution in [0.3, 0.4) is 0 Å². The zero-order chi connectivity index (χ0) is 14.0. The molecule has 0 aromatic carbocycles.